The molecule has 0 unspecified atom stereocenters. The molecule has 0 aliphatic heterocycles. The number of benzene rings is 2. The summed E-state index contributed by atoms with van der Waals surface area (Å²) >= 11 is 8.57. The van der Waals surface area contributed by atoms with E-state index in [1.54, 1.807) is 24.4 Å². The highest BCUT2D eigenvalue weighted by atomic mass is 79.9. The summed E-state index contributed by atoms with van der Waals surface area (Å²) in [6.07, 6.45) is 1.63. The lowest BCUT2D eigenvalue weighted by atomic mass is 10.2. The third-order valence-corrected chi connectivity index (χ3v) is 4.28. The van der Waals surface area contributed by atoms with Gasteiger partial charge in [0.15, 0.2) is 16.6 Å². The summed E-state index contributed by atoms with van der Waals surface area (Å²) in [5.74, 6) is 0.839. The fourth-order valence-corrected chi connectivity index (χ4v) is 2.80. The molecule has 0 fully saturated rings. The zero-order valence-corrected chi connectivity index (χ0v) is 17.5. The van der Waals surface area contributed by atoms with E-state index in [4.69, 9.17) is 21.7 Å². The molecule has 2 aromatic carbocycles. The molecule has 0 spiro atoms. The number of hydrazone groups is 1. The highest BCUT2D eigenvalue weighted by Crippen LogP contribution is 2.33. The van der Waals surface area contributed by atoms with E-state index in [0.717, 1.165) is 22.1 Å². The number of rotatable bonds is 8. The predicted octanol–water partition coefficient (Wildman–Crippen LogP) is 4.38. The molecular weight excluding hydrogens is 433 g/mol. The van der Waals surface area contributed by atoms with Crippen LogP contribution in [-0.4, -0.2) is 24.5 Å². The first-order chi connectivity index (χ1) is 13.0. The summed E-state index contributed by atoms with van der Waals surface area (Å²) in [6.45, 7) is 5.28. The van der Waals surface area contributed by atoms with Gasteiger partial charge in [-0.05, 0) is 71.8 Å². The Morgan fingerprint density at radius 2 is 2.00 bits per heavy atom. The number of thiocarbonyl (C=S) groups is 1. The molecule has 0 bridgehead atoms. The topological polar surface area (TPSA) is 54.9 Å². The second-order valence-electron chi connectivity index (χ2n) is 5.40. The van der Waals surface area contributed by atoms with Crippen LogP contribution < -0.4 is 20.2 Å². The lowest BCUT2D eigenvalue weighted by molar-refractivity contribution is 0.269. The second kappa shape index (κ2) is 10.8. The van der Waals surface area contributed by atoms with Crippen LogP contribution in [0.25, 0.3) is 0 Å². The van der Waals surface area contributed by atoms with Crippen LogP contribution in [0.2, 0.25) is 0 Å². The summed E-state index contributed by atoms with van der Waals surface area (Å²) in [6, 6.07) is 9.91. The molecule has 0 radical (unpaired) electrons. The highest BCUT2D eigenvalue weighted by Gasteiger charge is 2.11. The summed E-state index contributed by atoms with van der Waals surface area (Å²) in [5.41, 5.74) is 4.27. The van der Waals surface area contributed by atoms with Crippen LogP contribution in [-0.2, 0) is 6.61 Å². The largest absolute Gasteiger partial charge is 0.490 e. The Morgan fingerprint density at radius 3 is 2.70 bits per heavy atom. The van der Waals surface area contributed by atoms with Gasteiger partial charge in [-0.15, -0.1) is 0 Å². The normalized spacial score (nSPS) is 10.7. The molecule has 0 heterocycles. The molecule has 0 amide bonds. The molecule has 8 heteroatoms. The Morgan fingerprint density at radius 1 is 1.22 bits per heavy atom. The van der Waals surface area contributed by atoms with Gasteiger partial charge in [-0.1, -0.05) is 12.1 Å². The van der Waals surface area contributed by atoms with E-state index >= 15 is 0 Å². The Labute approximate surface area is 172 Å². The van der Waals surface area contributed by atoms with Gasteiger partial charge in [0.25, 0.3) is 0 Å². The molecule has 5 nitrogen and oxygen atoms in total. The van der Waals surface area contributed by atoms with Crippen LogP contribution in [0.5, 0.6) is 11.5 Å². The molecule has 0 atom stereocenters. The average molecular weight is 454 g/mol. The molecular formula is C19H21BrFN3O2S. The van der Waals surface area contributed by atoms with E-state index in [-0.39, 0.29) is 12.4 Å². The van der Waals surface area contributed by atoms with Crippen LogP contribution in [0.4, 0.5) is 4.39 Å². The molecule has 2 aromatic rings. The first-order valence-corrected chi connectivity index (χ1v) is 9.64. The van der Waals surface area contributed by atoms with Crippen LogP contribution in [0.15, 0.2) is 46.0 Å². The van der Waals surface area contributed by atoms with Gasteiger partial charge in [0.2, 0.25) is 0 Å². The van der Waals surface area contributed by atoms with E-state index in [9.17, 15) is 4.39 Å². The van der Waals surface area contributed by atoms with E-state index in [0.29, 0.717) is 23.2 Å². The SMILES string of the molecule is CCNC(=S)N/N=C\c1cc(OCC)c(OCc2cccc(F)c2)cc1Br. The van der Waals surface area contributed by atoms with Gasteiger partial charge in [-0.2, -0.15) is 5.10 Å². The molecule has 2 N–H and O–H groups in total. The predicted molar refractivity (Wildman–Crippen MR) is 113 cm³/mol. The molecule has 0 saturated heterocycles. The Kier molecular flexibility index (Phi) is 8.47. The van der Waals surface area contributed by atoms with E-state index < -0.39 is 0 Å². The zero-order valence-electron chi connectivity index (χ0n) is 15.1. The third-order valence-electron chi connectivity index (χ3n) is 3.35. The maximum Gasteiger partial charge on any atom is 0.186 e. The smallest absolute Gasteiger partial charge is 0.186 e. The Balaban J connectivity index is 2.14. The van der Waals surface area contributed by atoms with Crippen molar-refractivity contribution in [3.63, 3.8) is 0 Å². The average Bonchev–Trinajstić information content (AvgIpc) is 2.63. The molecule has 144 valence electrons. The van der Waals surface area contributed by atoms with Gasteiger partial charge in [0, 0.05) is 16.6 Å². The number of hydrogen-bond donors (Lipinski definition) is 2. The van der Waals surface area contributed by atoms with Crippen molar-refractivity contribution in [2.75, 3.05) is 13.2 Å². The van der Waals surface area contributed by atoms with Gasteiger partial charge in [0.05, 0.1) is 12.8 Å². The van der Waals surface area contributed by atoms with Crippen LogP contribution in [0.1, 0.15) is 25.0 Å². The maximum atomic E-state index is 13.3. The van der Waals surface area contributed by atoms with Crippen LogP contribution in [0, 0.1) is 5.82 Å². The summed E-state index contributed by atoms with van der Waals surface area (Å²) < 4.78 is 25.6. The third kappa shape index (κ3) is 6.80. The monoisotopic (exact) mass is 453 g/mol. The van der Waals surface area contributed by atoms with Gasteiger partial charge >= 0.3 is 0 Å². The summed E-state index contributed by atoms with van der Waals surface area (Å²) in [5, 5.41) is 7.50. The van der Waals surface area contributed by atoms with Gasteiger partial charge in [0.1, 0.15) is 12.4 Å². The Hall–Kier alpha value is -2.19. The lowest BCUT2D eigenvalue weighted by Crippen LogP contribution is -2.31. The first kappa shape index (κ1) is 21.1. The number of nitrogens with one attached hydrogen (secondary N) is 2. The van der Waals surface area contributed by atoms with Gasteiger partial charge in [-0.3, -0.25) is 5.43 Å². The van der Waals surface area contributed by atoms with Crippen molar-refractivity contribution in [2.45, 2.75) is 20.5 Å². The van der Waals surface area contributed by atoms with Crippen LogP contribution >= 0.6 is 28.1 Å². The minimum atomic E-state index is -0.295. The second-order valence-corrected chi connectivity index (χ2v) is 6.66. The zero-order chi connectivity index (χ0) is 19.6. The lowest BCUT2D eigenvalue weighted by Gasteiger charge is -2.14. The van der Waals surface area contributed by atoms with Crippen molar-refractivity contribution < 1.29 is 13.9 Å². The van der Waals surface area contributed by atoms with Crippen molar-refractivity contribution in [1.82, 2.24) is 10.7 Å². The van der Waals surface area contributed by atoms with Crippen molar-refractivity contribution in [3.05, 3.63) is 57.8 Å². The maximum absolute atomic E-state index is 13.3. The van der Waals surface area contributed by atoms with Crippen molar-refractivity contribution in [1.29, 1.82) is 0 Å². The highest BCUT2D eigenvalue weighted by molar-refractivity contribution is 9.10. The molecule has 27 heavy (non-hydrogen) atoms. The van der Waals surface area contributed by atoms with Gasteiger partial charge < -0.3 is 14.8 Å². The minimum Gasteiger partial charge on any atom is -0.490 e. The first-order valence-electron chi connectivity index (χ1n) is 8.44. The van der Waals surface area contributed by atoms with E-state index in [1.807, 2.05) is 19.9 Å². The number of ether oxygens (including phenoxy) is 2. The molecule has 0 aromatic heterocycles. The summed E-state index contributed by atoms with van der Waals surface area (Å²) in [7, 11) is 0. The standard InChI is InChI=1S/C19H21BrFN3O2S/c1-3-22-19(27)24-23-11-14-9-17(25-4-2)18(10-16(14)20)26-12-13-6-5-7-15(21)8-13/h5-11H,3-4,12H2,1-2H3,(H2,22,24,27)/b23-11-. The minimum absolute atomic E-state index is 0.232. The van der Waals surface area contributed by atoms with Crippen molar-refractivity contribution in [3.8, 4) is 11.5 Å². The fourth-order valence-electron chi connectivity index (χ4n) is 2.18. The summed E-state index contributed by atoms with van der Waals surface area (Å²) in [4.78, 5) is 0. The van der Waals surface area contributed by atoms with Gasteiger partial charge in [-0.25, -0.2) is 4.39 Å². The molecule has 0 aliphatic rings. The fraction of sp³-hybridized carbons (Fsp3) is 0.263. The van der Waals surface area contributed by atoms with E-state index in [2.05, 4.69) is 31.8 Å². The number of halogens is 2. The van der Waals surface area contributed by atoms with Crippen LogP contribution in [0.3, 0.4) is 0 Å². The quantitative estimate of drug-likeness (QED) is 0.352. The Bertz CT molecular complexity index is 818. The van der Waals surface area contributed by atoms with E-state index in [1.165, 1.54) is 12.1 Å². The molecule has 2 rings (SSSR count). The van der Waals surface area contributed by atoms with Crippen molar-refractivity contribution >= 4 is 39.5 Å². The molecule has 0 saturated carbocycles. The molecule has 0 aliphatic carbocycles. The number of nitrogens with zero attached hydrogens (tertiary/aromatic N) is 1. The van der Waals surface area contributed by atoms with Crippen molar-refractivity contribution in [2.24, 2.45) is 5.10 Å². The number of hydrogen-bond acceptors (Lipinski definition) is 4.